The van der Waals surface area contributed by atoms with Gasteiger partial charge >= 0.3 is 6.09 Å². The smallest absolute Gasteiger partial charge is 0.434 e. The second-order valence-corrected chi connectivity index (χ2v) is 6.83. The van der Waals surface area contributed by atoms with E-state index in [1.165, 1.54) is 0 Å². The maximum Gasteiger partial charge on any atom is 0.434 e. The number of benzene rings is 3. The van der Waals surface area contributed by atoms with E-state index >= 15 is 0 Å². The Morgan fingerprint density at radius 1 is 0.893 bits per heavy atom. The summed E-state index contributed by atoms with van der Waals surface area (Å²) in [6.45, 7) is 4.09. The van der Waals surface area contributed by atoms with Gasteiger partial charge in [0.1, 0.15) is 6.61 Å². The first-order valence-corrected chi connectivity index (χ1v) is 9.19. The van der Waals surface area contributed by atoms with Crippen molar-refractivity contribution in [3.05, 3.63) is 102 Å². The molecule has 0 fully saturated rings. The molecule has 1 aliphatic carbocycles. The van der Waals surface area contributed by atoms with Gasteiger partial charge in [-0.05, 0) is 33.4 Å². The number of carbonyl (C=O) groups is 1. The molecule has 4 heteroatoms. The van der Waals surface area contributed by atoms with Crippen LogP contribution in [0.1, 0.15) is 22.6 Å². The van der Waals surface area contributed by atoms with Crippen molar-refractivity contribution in [1.82, 2.24) is 5.06 Å². The number of carbonyl (C=O) groups excluding carboxylic acids is 1. The monoisotopic (exact) mass is 371 g/mol. The second kappa shape index (κ2) is 7.71. The topological polar surface area (TPSA) is 49.8 Å². The average Bonchev–Trinajstić information content (AvgIpc) is 3.06. The van der Waals surface area contributed by atoms with Crippen LogP contribution in [0.25, 0.3) is 16.7 Å². The molecule has 0 saturated carbocycles. The van der Waals surface area contributed by atoms with Crippen molar-refractivity contribution in [1.29, 1.82) is 0 Å². The van der Waals surface area contributed by atoms with Gasteiger partial charge in [0.05, 0.1) is 6.54 Å². The molecule has 0 radical (unpaired) electrons. The first-order chi connectivity index (χ1) is 13.6. The predicted octanol–water partition coefficient (Wildman–Crippen LogP) is 5.34. The molecule has 0 atom stereocenters. The number of fused-ring (bicyclic) bond motifs is 3. The summed E-state index contributed by atoms with van der Waals surface area (Å²) in [5, 5.41) is 10.7. The van der Waals surface area contributed by atoms with Gasteiger partial charge in [0.15, 0.2) is 0 Å². The quantitative estimate of drug-likeness (QED) is 0.486. The number of hydrogen-bond acceptors (Lipinski definition) is 3. The summed E-state index contributed by atoms with van der Waals surface area (Å²) < 4.78 is 5.43. The summed E-state index contributed by atoms with van der Waals surface area (Å²) in [6, 6.07) is 25.7. The standard InChI is InChI=1S/C24H21NO3/c1-17(18-9-3-2-4-10-18)15-25(27)24(26)28-16-23-21-13-7-5-11-19(21)20-12-6-8-14-22(20)23/h2-14,23,27H,1,15-16H2. The Labute approximate surface area is 164 Å². The van der Waals surface area contributed by atoms with E-state index in [1.54, 1.807) is 0 Å². The molecular weight excluding hydrogens is 350 g/mol. The number of hydrogen-bond donors (Lipinski definition) is 1. The van der Waals surface area contributed by atoms with E-state index in [2.05, 4.69) is 30.8 Å². The lowest BCUT2D eigenvalue weighted by molar-refractivity contribution is -0.0641. The van der Waals surface area contributed by atoms with Gasteiger partial charge in [0.25, 0.3) is 0 Å². The Bertz CT molecular complexity index is 968. The zero-order valence-electron chi connectivity index (χ0n) is 15.4. The minimum absolute atomic E-state index is 0.0132. The molecular formula is C24H21NO3. The summed E-state index contributed by atoms with van der Waals surface area (Å²) in [5.41, 5.74) is 6.10. The van der Waals surface area contributed by atoms with Crippen molar-refractivity contribution in [3.8, 4) is 11.1 Å². The molecule has 3 aromatic rings. The molecule has 0 bridgehead atoms. The number of amides is 1. The van der Waals surface area contributed by atoms with Crippen LogP contribution in [0.5, 0.6) is 0 Å². The van der Waals surface area contributed by atoms with Gasteiger partial charge in [0, 0.05) is 5.92 Å². The van der Waals surface area contributed by atoms with E-state index in [9.17, 15) is 10.0 Å². The van der Waals surface area contributed by atoms with E-state index < -0.39 is 6.09 Å². The molecule has 4 nitrogen and oxygen atoms in total. The molecule has 28 heavy (non-hydrogen) atoms. The van der Waals surface area contributed by atoms with Crippen LogP contribution in [0.4, 0.5) is 4.79 Å². The SMILES string of the molecule is C=C(CN(O)C(=O)OCC1c2ccccc2-c2ccccc21)c1ccccc1. The van der Waals surface area contributed by atoms with E-state index in [4.69, 9.17) is 4.74 Å². The number of nitrogens with zero attached hydrogens (tertiary/aromatic N) is 1. The van der Waals surface area contributed by atoms with Gasteiger partial charge in [-0.1, -0.05) is 85.4 Å². The molecule has 0 heterocycles. The fourth-order valence-electron chi connectivity index (χ4n) is 3.68. The van der Waals surface area contributed by atoms with Crippen LogP contribution in [0.2, 0.25) is 0 Å². The number of hydroxylamine groups is 2. The fraction of sp³-hybridized carbons (Fsp3) is 0.125. The average molecular weight is 371 g/mol. The molecule has 0 saturated heterocycles. The third-order valence-corrected chi connectivity index (χ3v) is 5.07. The lowest BCUT2D eigenvalue weighted by Crippen LogP contribution is -2.30. The van der Waals surface area contributed by atoms with Crippen molar-refractivity contribution >= 4 is 11.7 Å². The van der Waals surface area contributed by atoms with Crippen LogP contribution >= 0.6 is 0 Å². The zero-order valence-corrected chi connectivity index (χ0v) is 15.4. The van der Waals surface area contributed by atoms with E-state index in [0.29, 0.717) is 10.6 Å². The molecule has 0 aromatic heterocycles. The minimum Gasteiger partial charge on any atom is -0.447 e. The van der Waals surface area contributed by atoms with Gasteiger partial charge < -0.3 is 4.74 Å². The van der Waals surface area contributed by atoms with Gasteiger partial charge in [-0.3, -0.25) is 5.21 Å². The Kier molecular flexibility index (Phi) is 4.96. The van der Waals surface area contributed by atoms with Gasteiger partial charge in [-0.2, -0.15) is 5.06 Å². The highest BCUT2D eigenvalue weighted by atomic mass is 16.6. The molecule has 1 amide bonds. The van der Waals surface area contributed by atoms with E-state index in [-0.39, 0.29) is 19.1 Å². The highest BCUT2D eigenvalue weighted by molar-refractivity contribution is 5.79. The van der Waals surface area contributed by atoms with Crippen molar-refractivity contribution in [3.63, 3.8) is 0 Å². The summed E-state index contributed by atoms with van der Waals surface area (Å²) in [5.74, 6) is -0.0397. The van der Waals surface area contributed by atoms with Crippen LogP contribution in [0.3, 0.4) is 0 Å². The summed E-state index contributed by atoms with van der Waals surface area (Å²) >= 11 is 0. The molecule has 1 N–H and O–H groups in total. The molecule has 0 spiro atoms. The van der Waals surface area contributed by atoms with Crippen LogP contribution in [0.15, 0.2) is 85.4 Å². The fourth-order valence-corrected chi connectivity index (χ4v) is 3.68. The Morgan fingerprint density at radius 3 is 2.04 bits per heavy atom. The number of ether oxygens (including phenoxy) is 1. The van der Waals surface area contributed by atoms with Gasteiger partial charge in [-0.15, -0.1) is 0 Å². The molecule has 3 aromatic carbocycles. The highest BCUT2D eigenvalue weighted by Gasteiger charge is 2.29. The van der Waals surface area contributed by atoms with Crippen molar-refractivity contribution in [2.24, 2.45) is 0 Å². The van der Waals surface area contributed by atoms with Crippen LogP contribution in [-0.2, 0) is 4.74 Å². The normalized spacial score (nSPS) is 12.2. The second-order valence-electron chi connectivity index (χ2n) is 6.83. The Hall–Kier alpha value is -3.37. The third-order valence-electron chi connectivity index (χ3n) is 5.07. The lowest BCUT2D eigenvalue weighted by Gasteiger charge is -2.19. The zero-order chi connectivity index (χ0) is 19.5. The predicted molar refractivity (Wildman–Crippen MR) is 109 cm³/mol. The molecule has 1 aliphatic rings. The van der Waals surface area contributed by atoms with Crippen molar-refractivity contribution in [2.45, 2.75) is 5.92 Å². The third kappa shape index (κ3) is 3.42. The molecule has 4 rings (SSSR count). The number of rotatable bonds is 5. The van der Waals surface area contributed by atoms with Crippen molar-refractivity contribution in [2.75, 3.05) is 13.2 Å². The summed E-state index contributed by atoms with van der Waals surface area (Å²) in [4.78, 5) is 12.3. The molecule has 0 unspecified atom stereocenters. The lowest BCUT2D eigenvalue weighted by atomic mass is 9.98. The highest BCUT2D eigenvalue weighted by Crippen LogP contribution is 2.44. The molecule has 140 valence electrons. The van der Waals surface area contributed by atoms with Crippen LogP contribution in [0, 0.1) is 0 Å². The molecule has 0 aliphatic heterocycles. The van der Waals surface area contributed by atoms with Gasteiger partial charge in [-0.25, -0.2) is 4.79 Å². The minimum atomic E-state index is -0.779. The largest absolute Gasteiger partial charge is 0.447 e. The Morgan fingerprint density at radius 2 is 1.43 bits per heavy atom. The summed E-state index contributed by atoms with van der Waals surface area (Å²) in [7, 11) is 0. The first kappa shape index (κ1) is 18.0. The first-order valence-electron chi connectivity index (χ1n) is 9.19. The van der Waals surface area contributed by atoms with Gasteiger partial charge in [0.2, 0.25) is 0 Å². The maximum absolute atomic E-state index is 12.3. The maximum atomic E-state index is 12.3. The summed E-state index contributed by atoms with van der Waals surface area (Å²) in [6.07, 6.45) is -0.779. The van der Waals surface area contributed by atoms with E-state index in [0.717, 1.165) is 27.8 Å². The van der Waals surface area contributed by atoms with Crippen LogP contribution in [-0.4, -0.2) is 29.5 Å². The van der Waals surface area contributed by atoms with Crippen LogP contribution < -0.4 is 0 Å². The van der Waals surface area contributed by atoms with E-state index in [1.807, 2.05) is 54.6 Å². The van der Waals surface area contributed by atoms with Crippen molar-refractivity contribution < 1.29 is 14.7 Å². The Balaban J connectivity index is 1.43.